The normalized spacial score (nSPS) is 10.2. The molecule has 4 nitrogen and oxygen atoms in total. The van der Waals surface area contributed by atoms with Gasteiger partial charge in [0.15, 0.2) is 0 Å². The van der Waals surface area contributed by atoms with Crippen LogP contribution in [0.2, 0.25) is 5.02 Å². The summed E-state index contributed by atoms with van der Waals surface area (Å²) in [7, 11) is 1.31. The van der Waals surface area contributed by atoms with Gasteiger partial charge >= 0.3 is 5.97 Å². The maximum absolute atomic E-state index is 12.2. The quantitative estimate of drug-likeness (QED) is 0.879. The lowest BCUT2D eigenvalue weighted by Crippen LogP contribution is -2.14. The zero-order valence-electron chi connectivity index (χ0n) is 10.9. The molecule has 0 spiro atoms. The van der Waals surface area contributed by atoms with Gasteiger partial charge in [0, 0.05) is 10.6 Å². The van der Waals surface area contributed by atoms with Crippen LogP contribution < -0.4 is 5.32 Å². The highest BCUT2D eigenvalue weighted by atomic mass is 35.5. The summed E-state index contributed by atoms with van der Waals surface area (Å²) in [5, 5.41) is 5.00. The molecule has 1 N–H and O–H groups in total. The number of ether oxygens (including phenoxy) is 1. The Morgan fingerprint density at radius 1 is 1.35 bits per heavy atom. The number of carbonyl (C=O) groups excluding carboxylic acids is 2. The van der Waals surface area contributed by atoms with Crippen molar-refractivity contribution in [3.05, 3.63) is 50.7 Å². The highest BCUT2D eigenvalue weighted by Crippen LogP contribution is 2.28. The molecule has 1 aromatic carbocycles. The summed E-state index contributed by atoms with van der Waals surface area (Å²) in [6.45, 7) is 1.82. The molecule has 104 valence electrons. The van der Waals surface area contributed by atoms with Crippen LogP contribution in [0.4, 0.5) is 5.69 Å². The van der Waals surface area contributed by atoms with E-state index in [1.54, 1.807) is 29.6 Å². The molecule has 0 unspecified atom stereocenters. The summed E-state index contributed by atoms with van der Waals surface area (Å²) < 4.78 is 4.70. The molecule has 1 heterocycles. The Labute approximate surface area is 125 Å². The van der Waals surface area contributed by atoms with Crippen molar-refractivity contribution in [1.29, 1.82) is 0 Å². The van der Waals surface area contributed by atoms with Crippen LogP contribution in [-0.2, 0) is 4.74 Å². The Kier molecular flexibility index (Phi) is 4.42. The molecule has 1 amide bonds. The van der Waals surface area contributed by atoms with E-state index in [1.807, 2.05) is 6.92 Å². The van der Waals surface area contributed by atoms with E-state index in [0.29, 0.717) is 21.2 Å². The van der Waals surface area contributed by atoms with Crippen LogP contribution in [0.5, 0.6) is 0 Å². The molecule has 0 aliphatic heterocycles. The summed E-state index contributed by atoms with van der Waals surface area (Å²) in [5.74, 6) is -0.788. The number of benzene rings is 1. The van der Waals surface area contributed by atoms with E-state index in [2.05, 4.69) is 5.32 Å². The van der Waals surface area contributed by atoms with Crippen LogP contribution in [0.25, 0.3) is 0 Å². The van der Waals surface area contributed by atoms with Crippen molar-refractivity contribution < 1.29 is 14.3 Å². The van der Waals surface area contributed by atoms with Crippen LogP contribution in [0.15, 0.2) is 29.6 Å². The van der Waals surface area contributed by atoms with E-state index in [-0.39, 0.29) is 5.91 Å². The molecule has 0 aliphatic carbocycles. The summed E-state index contributed by atoms with van der Waals surface area (Å²) in [5.41, 5.74) is 1.72. The highest BCUT2D eigenvalue weighted by Gasteiger charge is 2.19. The molecule has 20 heavy (non-hydrogen) atoms. The average molecular weight is 310 g/mol. The summed E-state index contributed by atoms with van der Waals surface area (Å²) in [6, 6.07) is 6.60. The molecule has 0 fully saturated rings. The van der Waals surface area contributed by atoms with Crippen LogP contribution in [0.3, 0.4) is 0 Å². The van der Waals surface area contributed by atoms with Crippen molar-refractivity contribution in [1.82, 2.24) is 0 Å². The van der Waals surface area contributed by atoms with Crippen molar-refractivity contribution in [2.24, 2.45) is 0 Å². The molecule has 0 atom stereocenters. The van der Waals surface area contributed by atoms with Crippen molar-refractivity contribution >= 4 is 40.5 Å². The molecule has 1 aromatic heterocycles. The fourth-order valence-electron chi connectivity index (χ4n) is 1.66. The lowest BCUT2D eigenvalue weighted by atomic mass is 10.2. The first-order valence-corrected chi connectivity index (χ1v) is 7.02. The van der Waals surface area contributed by atoms with E-state index >= 15 is 0 Å². The number of amides is 1. The van der Waals surface area contributed by atoms with Gasteiger partial charge in [0.25, 0.3) is 5.91 Å². The van der Waals surface area contributed by atoms with Crippen molar-refractivity contribution in [2.45, 2.75) is 6.92 Å². The van der Waals surface area contributed by atoms with Gasteiger partial charge in [0.1, 0.15) is 4.88 Å². The van der Waals surface area contributed by atoms with Crippen LogP contribution in [0, 0.1) is 6.92 Å². The molecular weight excluding hydrogens is 298 g/mol. The highest BCUT2D eigenvalue weighted by molar-refractivity contribution is 7.12. The second-order valence-electron chi connectivity index (χ2n) is 4.08. The monoisotopic (exact) mass is 309 g/mol. The lowest BCUT2D eigenvalue weighted by molar-refractivity contribution is 0.0607. The van der Waals surface area contributed by atoms with E-state index in [0.717, 1.165) is 5.56 Å². The van der Waals surface area contributed by atoms with E-state index in [4.69, 9.17) is 16.3 Å². The maximum Gasteiger partial charge on any atom is 0.350 e. The molecular formula is C14H12ClNO3S. The van der Waals surface area contributed by atoms with Gasteiger partial charge in [-0.15, -0.1) is 11.3 Å². The first-order valence-electron chi connectivity index (χ1n) is 5.76. The third-order valence-electron chi connectivity index (χ3n) is 2.67. The zero-order valence-corrected chi connectivity index (χ0v) is 12.5. The Balaban J connectivity index is 2.28. The van der Waals surface area contributed by atoms with Gasteiger partial charge in [-0.05, 0) is 36.1 Å². The minimum absolute atomic E-state index is 0.320. The number of hydrogen-bond donors (Lipinski definition) is 1. The minimum Gasteiger partial charge on any atom is -0.465 e. The van der Waals surface area contributed by atoms with Crippen LogP contribution >= 0.6 is 22.9 Å². The number of nitrogens with one attached hydrogen (secondary N) is 1. The second-order valence-corrected chi connectivity index (χ2v) is 5.39. The fourth-order valence-corrected chi connectivity index (χ4v) is 2.77. The number of aryl methyl sites for hydroxylation is 1. The topological polar surface area (TPSA) is 55.4 Å². The number of esters is 1. The maximum atomic E-state index is 12.2. The Hall–Kier alpha value is -1.85. The van der Waals surface area contributed by atoms with Gasteiger partial charge in [0.2, 0.25) is 0 Å². The van der Waals surface area contributed by atoms with E-state index < -0.39 is 5.97 Å². The Morgan fingerprint density at radius 3 is 2.75 bits per heavy atom. The van der Waals surface area contributed by atoms with Gasteiger partial charge < -0.3 is 10.1 Å². The predicted molar refractivity (Wildman–Crippen MR) is 79.8 cm³/mol. The second kappa shape index (κ2) is 6.07. The molecule has 0 saturated carbocycles. The van der Waals surface area contributed by atoms with E-state index in [9.17, 15) is 9.59 Å². The largest absolute Gasteiger partial charge is 0.465 e. The van der Waals surface area contributed by atoms with Crippen LogP contribution in [0.1, 0.15) is 25.6 Å². The zero-order chi connectivity index (χ0) is 14.7. The van der Waals surface area contributed by atoms with Crippen molar-refractivity contribution in [3.8, 4) is 0 Å². The SMILES string of the molecule is COC(=O)c1scc(C)c1NC(=O)c1cccc(Cl)c1. The Morgan fingerprint density at radius 2 is 2.10 bits per heavy atom. The number of thiophene rings is 1. The van der Waals surface area contributed by atoms with Gasteiger partial charge in [-0.25, -0.2) is 4.79 Å². The molecule has 2 rings (SSSR count). The number of anilines is 1. The first kappa shape index (κ1) is 14.6. The predicted octanol–water partition coefficient (Wildman–Crippen LogP) is 3.75. The van der Waals surface area contributed by atoms with Gasteiger partial charge in [-0.3, -0.25) is 4.79 Å². The smallest absolute Gasteiger partial charge is 0.350 e. The number of halogens is 1. The standard InChI is InChI=1S/C14H12ClNO3S/c1-8-7-20-12(14(18)19-2)11(8)16-13(17)9-4-3-5-10(15)6-9/h3-7H,1-2H3,(H,16,17). The number of hydrogen-bond acceptors (Lipinski definition) is 4. The van der Waals surface area contributed by atoms with Crippen molar-refractivity contribution in [3.63, 3.8) is 0 Å². The van der Waals surface area contributed by atoms with Gasteiger partial charge in [-0.1, -0.05) is 17.7 Å². The number of methoxy groups -OCH3 is 1. The third-order valence-corrected chi connectivity index (χ3v) is 3.98. The molecule has 6 heteroatoms. The summed E-state index contributed by atoms with van der Waals surface area (Å²) >= 11 is 7.09. The molecule has 0 bridgehead atoms. The van der Waals surface area contributed by atoms with Gasteiger partial charge in [0.05, 0.1) is 12.8 Å². The molecule has 0 aliphatic rings. The van der Waals surface area contributed by atoms with Gasteiger partial charge in [-0.2, -0.15) is 0 Å². The molecule has 0 saturated heterocycles. The van der Waals surface area contributed by atoms with Crippen LogP contribution in [-0.4, -0.2) is 19.0 Å². The number of rotatable bonds is 3. The molecule has 2 aromatic rings. The third kappa shape index (κ3) is 3.00. The minimum atomic E-state index is -0.468. The summed E-state index contributed by atoms with van der Waals surface area (Å²) in [4.78, 5) is 24.2. The first-order chi connectivity index (χ1) is 9.52. The fraction of sp³-hybridized carbons (Fsp3) is 0.143. The molecule has 0 radical (unpaired) electrons. The Bertz CT molecular complexity index is 666. The lowest BCUT2D eigenvalue weighted by Gasteiger charge is -2.07. The summed E-state index contributed by atoms with van der Waals surface area (Å²) in [6.07, 6.45) is 0. The van der Waals surface area contributed by atoms with Crippen molar-refractivity contribution in [2.75, 3.05) is 12.4 Å². The van der Waals surface area contributed by atoms with E-state index in [1.165, 1.54) is 18.4 Å². The average Bonchev–Trinajstić information content (AvgIpc) is 2.79. The number of carbonyl (C=O) groups is 2.